The van der Waals surface area contributed by atoms with E-state index in [0.29, 0.717) is 37.6 Å². The molecule has 6 nitrogen and oxygen atoms in total. The molecule has 1 saturated heterocycles. The first-order valence-electron chi connectivity index (χ1n) is 9.87. The van der Waals surface area contributed by atoms with Gasteiger partial charge in [-0.15, -0.1) is 0 Å². The highest BCUT2D eigenvalue weighted by Crippen LogP contribution is 2.38. The van der Waals surface area contributed by atoms with E-state index < -0.39 is 5.82 Å². The number of aromatic nitrogens is 1. The van der Waals surface area contributed by atoms with Crippen LogP contribution in [0.25, 0.3) is 0 Å². The van der Waals surface area contributed by atoms with E-state index in [1.807, 2.05) is 12.1 Å². The van der Waals surface area contributed by atoms with Crippen molar-refractivity contribution in [3.8, 4) is 5.88 Å². The Labute approximate surface area is 169 Å². The van der Waals surface area contributed by atoms with Crippen molar-refractivity contribution >= 4 is 17.3 Å². The summed E-state index contributed by atoms with van der Waals surface area (Å²) in [6.45, 7) is 1.28. The highest BCUT2D eigenvalue weighted by molar-refractivity contribution is 6.40. The van der Waals surface area contributed by atoms with E-state index >= 15 is 0 Å². The highest BCUT2D eigenvalue weighted by atomic mass is 19.1. The van der Waals surface area contributed by atoms with Crippen molar-refractivity contribution in [2.45, 2.75) is 37.6 Å². The van der Waals surface area contributed by atoms with Gasteiger partial charge in [-0.1, -0.05) is 18.2 Å². The second kappa shape index (κ2) is 8.69. The number of nitrogens with zero attached hydrogens (tertiary/aromatic N) is 2. The molecule has 1 atom stereocenters. The van der Waals surface area contributed by atoms with E-state index in [2.05, 4.69) is 15.3 Å². The molecule has 1 amide bonds. The maximum absolute atomic E-state index is 14.5. The first-order valence-corrected chi connectivity index (χ1v) is 9.87. The van der Waals surface area contributed by atoms with Crippen LogP contribution in [0.1, 0.15) is 36.3 Å². The SMILES string of the molecule is COc1ccc(CC2CC(C(=O)NC3CCOCC3)=Nc3c(F)cccc32)cn1. The minimum Gasteiger partial charge on any atom is -0.481 e. The fraction of sp³-hybridized carbons (Fsp3) is 0.409. The Morgan fingerprint density at radius 2 is 2.10 bits per heavy atom. The molecule has 29 heavy (non-hydrogen) atoms. The second-order valence-corrected chi connectivity index (χ2v) is 7.41. The zero-order chi connectivity index (χ0) is 20.2. The second-order valence-electron chi connectivity index (χ2n) is 7.41. The van der Waals surface area contributed by atoms with E-state index in [9.17, 15) is 9.18 Å². The predicted molar refractivity (Wildman–Crippen MR) is 107 cm³/mol. The number of halogens is 1. The van der Waals surface area contributed by atoms with Gasteiger partial charge < -0.3 is 14.8 Å². The molecular weight excluding hydrogens is 373 g/mol. The van der Waals surface area contributed by atoms with E-state index in [1.165, 1.54) is 6.07 Å². The number of nitrogens with one attached hydrogen (secondary N) is 1. The Morgan fingerprint density at radius 3 is 2.83 bits per heavy atom. The number of hydrogen-bond donors (Lipinski definition) is 1. The van der Waals surface area contributed by atoms with Crippen LogP contribution >= 0.6 is 0 Å². The van der Waals surface area contributed by atoms with Gasteiger partial charge in [0.1, 0.15) is 17.2 Å². The summed E-state index contributed by atoms with van der Waals surface area (Å²) in [5.74, 6) is -0.133. The number of ether oxygens (including phenoxy) is 2. The van der Waals surface area contributed by atoms with Crippen molar-refractivity contribution < 1.29 is 18.7 Å². The maximum atomic E-state index is 14.5. The average Bonchev–Trinajstić information content (AvgIpc) is 2.75. The number of rotatable bonds is 5. The van der Waals surface area contributed by atoms with E-state index in [-0.39, 0.29) is 23.6 Å². The van der Waals surface area contributed by atoms with Crippen LogP contribution in [0, 0.1) is 5.82 Å². The van der Waals surface area contributed by atoms with Crippen LogP contribution in [0.3, 0.4) is 0 Å². The summed E-state index contributed by atoms with van der Waals surface area (Å²) >= 11 is 0. The Kier molecular flexibility index (Phi) is 5.85. The van der Waals surface area contributed by atoms with Gasteiger partial charge in [0.2, 0.25) is 5.88 Å². The number of aliphatic imine (C=N–C) groups is 1. The lowest BCUT2D eigenvalue weighted by atomic mass is 9.84. The monoisotopic (exact) mass is 397 g/mol. The molecule has 2 aliphatic heterocycles. The Balaban J connectivity index is 1.57. The number of hydrogen-bond acceptors (Lipinski definition) is 5. The molecule has 152 valence electrons. The number of carbonyl (C=O) groups is 1. The molecule has 1 fully saturated rings. The van der Waals surface area contributed by atoms with Gasteiger partial charge in [-0.25, -0.2) is 14.4 Å². The zero-order valence-corrected chi connectivity index (χ0v) is 16.4. The van der Waals surface area contributed by atoms with Crippen LogP contribution < -0.4 is 10.1 Å². The summed E-state index contributed by atoms with van der Waals surface area (Å²) in [5, 5.41) is 3.04. The van der Waals surface area contributed by atoms with Crippen LogP contribution in [0.2, 0.25) is 0 Å². The smallest absolute Gasteiger partial charge is 0.265 e. The van der Waals surface area contributed by atoms with Gasteiger partial charge in [-0.2, -0.15) is 0 Å². The first kappa shape index (κ1) is 19.5. The summed E-state index contributed by atoms with van der Waals surface area (Å²) in [6.07, 6.45) is 4.41. The minimum absolute atomic E-state index is 0.0520. The number of pyridine rings is 1. The molecule has 3 heterocycles. The number of carbonyl (C=O) groups excluding carboxylic acids is 1. The van der Waals surface area contributed by atoms with Crippen LogP contribution in [0.4, 0.5) is 10.1 Å². The molecule has 7 heteroatoms. The molecule has 1 unspecified atom stereocenters. The predicted octanol–water partition coefficient (Wildman–Crippen LogP) is 3.33. The Morgan fingerprint density at radius 1 is 1.28 bits per heavy atom. The summed E-state index contributed by atoms with van der Waals surface area (Å²) in [7, 11) is 1.57. The molecule has 2 aliphatic rings. The average molecular weight is 397 g/mol. The lowest BCUT2D eigenvalue weighted by Crippen LogP contribution is -2.43. The first-order chi connectivity index (χ1) is 14.1. The fourth-order valence-electron chi connectivity index (χ4n) is 3.88. The maximum Gasteiger partial charge on any atom is 0.265 e. The van der Waals surface area contributed by atoms with E-state index in [0.717, 1.165) is 24.0 Å². The molecule has 1 N–H and O–H groups in total. The molecule has 4 rings (SSSR count). The molecule has 0 bridgehead atoms. The van der Waals surface area contributed by atoms with E-state index in [1.54, 1.807) is 25.4 Å². The standard InChI is InChI=1S/C22H24FN3O3/c1-28-20-6-5-14(13-24-20)11-15-12-19(22(27)25-16-7-9-29-10-8-16)26-21-17(15)3-2-4-18(21)23/h2-6,13,15-16H,7-12H2,1H3,(H,25,27). The van der Waals surface area contributed by atoms with Crippen LogP contribution in [0.15, 0.2) is 41.5 Å². The third-order valence-corrected chi connectivity index (χ3v) is 5.45. The highest BCUT2D eigenvalue weighted by Gasteiger charge is 2.29. The van der Waals surface area contributed by atoms with Crippen molar-refractivity contribution in [2.24, 2.45) is 4.99 Å². The third-order valence-electron chi connectivity index (χ3n) is 5.45. The third kappa shape index (κ3) is 4.45. The number of benzene rings is 1. The molecule has 0 saturated carbocycles. The van der Waals surface area contributed by atoms with Crippen LogP contribution in [-0.4, -0.2) is 43.0 Å². The molecule has 0 radical (unpaired) electrons. The van der Waals surface area contributed by atoms with Crippen molar-refractivity contribution in [1.29, 1.82) is 0 Å². The fourth-order valence-corrected chi connectivity index (χ4v) is 3.88. The van der Waals surface area contributed by atoms with Gasteiger partial charge in [0.25, 0.3) is 5.91 Å². The lowest BCUT2D eigenvalue weighted by Gasteiger charge is -2.27. The van der Waals surface area contributed by atoms with Crippen LogP contribution in [0.5, 0.6) is 5.88 Å². The Bertz CT molecular complexity index is 908. The van der Waals surface area contributed by atoms with Gasteiger partial charge >= 0.3 is 0 Å². The molecule has 0 spiro atoms. The zero-order valence-electron chi connectivity index (χ0n) is 16.4. The van der Waals surface area contributed by atoms with E-state index in [4.69, 9.17) is 9.47 Å². The van der Waals surface area contributed by atoms with Gasteiger partial charge in [0, 0.05) is 37.9 Å². The largest absolute Gasteiger partial charge is 0.481 e. The molecular formula is C22H24FN3O3. The molecule has 1 aromatic carbocycles. The van der Waals surface area contributed by atoms with Crippen molar-refractivity contribution in [3.05, 3.63) is 53.5 Å². The number of methoxy groups -OCH3 is 1. The molecule has 0 aliphatic carbocycles. The van der Waals surface area contributed by atoms with Gasteiger partial charge in [-0.3, -0.25) is 4.79 Å². The lowest BCUT2D eigenvalue weighted by molar-refractivity contribution is -0.116. The van der Waals surface area contributed by atoms with Gasteiger partial charge in [-0.05, 0) is 42.4 Å². The summed E-state index contributed by atoms with van der Waals surface area (Å²) in [6, 6.07) is 8.78. The molecule has 2 aromatic rings. The van der Waals surface area contributed by atoms with Gasteiger partial charge in [0.15, 0.2) is 0 Å². The summed E-state index contributed by atoms with van der Waals surface area (Å²) in [5.41, 5.74) is 2.46. The summed E-state index contributed by atoms with van der Waals surface area (Å²) in [4.78, 5) is 21.5. The normalized spacial score (nSPS) is 19.2. The van der Waals surface area contributed by atoms with Crippen LogP contribution in [-0.2, 0) is 16.0 Å². The topological polar surface area (TPSA) is 72.8 Å². The number of para-hydroxylation sites is 1. The quantitative estimate of drug-likeness (QED) is 0.840. The van der Waals surface area contributed by atoms with Gasteiger partial charge in [0.05, 0.1) is 7.11 Å². The number of fused-ring (bicyclic) bond motifs is 1. The van der Waals surface area contributed by atoms with Crippen molar-refractivity contribution in [2.75, 3.05) is 20.3 Å². The Hall–Kier alpha value is -2.80. The molecule has 1 aromatic heterocycles. The van der Waals surface area contributed by atoms with Crippen molar-refractivity contribution in [1.82, 2.24) is 10.3 Å². The minimum atomic E-state index is -0.406. The summed E-state index contributed by atoms with van der Waals surface area (Å²) < 4.78 is 24.9. The number of amides is 1. The van der Waals surface area contributed by atoms with Crippen molar-refractivity contribution in [3.63, 3.8) is 0 Å².